The van der Waals surface area contributed by atoms with E-state index in [1.165, 1.54) is 6.42 Å². The summed E-state index contributed by atoms with van der Waals surface area (Å²) < 4.78 is 7.20. The lowest BCUT2D eigenvalue weighted by atomic mass is 9.87. The molecule has 0 heterocycles. The van der Waals surface area contributed by atoms with Gasteiger partial charge < -0.3 is 14.6 Å². The third-order valence-corrected chi connectivity index (χ3v) is 14.4. The average Bonchev–Trinajstić information content (AvgIpc) is 3.10. The van der Waals surface area contributed by atoms with E-state index in [0.29, 0.717) is 36.1 Å². The number of hydrogen-bond donors (Lipinski definition) is 2. The molecular weight excluding hydrogens is 480 g/mol. The van der Waals surface area contributed by atoms with E-state index >= 15 is 0 Å². The number of ketones is 1. The van der Waals surface area contributed by atoms with E-state index in [1.54, 1.807) is 0 Å². The maximum absolute atomic E-state index is 13.3. The van der Waals surface area contributed by atoms with Crippen LogP contribution in [0.15, 0.2) is 12.2 Å². The van der Waals surface area contributed by atoms with Gasteiger partial charge >= 0.3 is 5.97 Å². The average molecular weight is 539 g/mol. The molecule has 0 aromatic rings. The molecule has 5 nitrogen and oxygen atoms in total. The van der Waals surface area contributed by atoms with Crippen LogP contribution in [0, 0.1) is 11.8 Å². The summed E-state index contributed by atoms with van der Waals surface area (Å²) in [5.74, 6) is -0.413. The predicted molar refractivity (Wildman–Crippen MR) is 156 cm³/mol. The summed E-state index contributed by atoms with van der Waals surface area (Å²) >= 11 is 0. The number of unbranched alkanes of at least 4 members (excludes halogenated alkanes) is 5. The number of aliphatic hydroxyl groups is 1. The molecule has 0 saturated heterocycles. The maximum Gasteiger partial charge on any atom is 0.303 e. The molecule has 1 fully saturated rings. The first-order valence-corrected chi connectivity index (χ1v) is 17.5. The minimum absolute atomic E-state index is 0.0430. The van der Waals surface area contributed by atoms with Gasteiger partial charge in [-0.15, -0.1) is 0 Å². The molecule has 2 unspecified atom stereocenters. The monoisotopic (exact) mass is 538 g/mol. The van der Waals surface area contributed by atoms with Gasteiger partial charge in [0.25, 0.3) is 0 Å². The van der Waals surface area contributed by atoms with Gasteiger partial charge in [-0.2, -0.15) is 0 Å². The summed E-state index contributed by atoms with van der Waals surface area (Å²) in [5.41, 5.74) is 0.254. The minimum atomic E-state index is -2.08. The smallest absolute Gasteiger partial charge is 0.303 e. The lowest BCUT2D eigenvalue weighted by Crippen LogP contribution is -2.48. The Morgan fingerprint density at radius 2 is 1.68 bits per heavy atom. The number of carboxylic acid groups (broad SMARTS) is 1. The van der Waals surface area contributed by atoms with E-state index < -0.39 is 19.9 Å². The fourth-order valence-electron chi connectivity index (χ4n) is 6.13. The fraction of sp³-hybridized carbons (Fsp3) is 0.871. The zero-order chi connectivity index (χ0) is 28.1. The van der Waals surface area contributed by atoms with Crippen LogP contribution in [0.2, 0.25) is 17.1 Å². The van der Waals surface area contributed by atoms with Crippen molar-refractivity contribution in [2.45, 2.75) is 161 Å². The molecule has 1 saturated carbocycles. The molecule has 0 aliphatic heterocycles. The van der Waals surface area contributed by atoms with Crippen LogP contribution < -0.4 is 0 Å². The maximum atomic E-state index is 13.3. The molecule has 216 valence electrons. The molecule has 1 aliphatic rings. The molecule has 4 atom stereocenters. The van der Waals surface area contributed by atoms with Crippen LogP contribution in [-0.4, -0.2) is 42.0 Å². The first kappa shape index (κ1) is 34.0. The predicted octanol–water partition coefficient (Wildman–Crippen LogP) is 8.46. The highest BCUT2D eigenvalue weighted by Crippen LogP contribution is 2.44. The van der Waals surface area contributed by atoms with Crippen LogP contribution in [0.4, 0.5) is 0 Å². The zero-order valence-electron chi connectivity index (χ0n) is 25.1. The molecule has 1 aliphatic carbocycles. The molecule has 6 heteroatoms. The van der Waals surface area contributed by atoms with E-state index in [0.717, 1.165) is 57.4 Å². The number of hydrogen-bond acceptors (Lipinski definition) is 4. The molecule has 0 aromatic heterocycles. The van der Waals surface area contributed by atoms with Crippen molar-refractivity contribution < 1.29 is 24.2 Å². The topological polar surface area (TPSA) is 83.8 Å². The van der Waals surface area contributed by atoms with Gasteiger partial charge in [0.1, 0.15) is 5.78 Å². The van der Waals surface area contributed by atoms with Crippen molar-refractivity contribution >= 4 is 20.1 Å². The van der Waals surface area contributed by atoms with Crippen molar-refractivity contribution in [3.05, 3.63) is 12.2 Å². The summed E-state index contributed by atoms with van der Waals surface area (Å²) in [5, 5.41) is 19.7. The van der Waals surface area contributed by atoms with Crippen molar-refractivity contribution in [3.63, 3.8) is 0 Å². The second-order valence-electron chi connectivity index (χ2n) is 12.5. The quantitative estimate of drug-likeness (QED) is 0.0922. The first-order valence-electron chi connectivity index (χ1n) is 15.2. The van der Waals surface area contributed by atoms with Gasteiger partial charge in [0.15, 0.2) is 8.32 Å². The number of carboxylic acids is 1. The van der Waals surface area contributed by atoms with Gasteiger partial charge in [0.2, 0.25) is 0 Å². The third kappa shape index (κ3) is 11.3. The normalized spacial score (nSPS) is 22.4. The van der Waals surface area contributed by atoms with E-state index in [4.69, 9.17) is 9.53 Å². The van der Waals surface area contributed by atoms with E-state index in [9.17, 15) is 14.7 Å². The third-order valence-electron chi connectivity index (χ3n) is 8.60. The Balaban J connectivity index is 3.08. The van der Waals surface area contributed by atoms with Gasteiger partial charge in [-0.3, -0.25) is 9.59 Å². The molecule has 0 radical (unpaired) electrons. The van der Waals surface area contributed by atoms with Crippen molar-refractivity contribution in [3.8, 4) is 0 Å². The molecular formula is C31H58O5Si. The molecule has 1 rings (SSSR count). The number of Topliss-reactive ketones (excluding diaryl/α,β-unsaturated/α-hetero) is 1. The Bertz CT molecular complexity index is 692. The Hall–Kier alpha value is -0.983. The van der Waals surface area contributed by atoms with E-state index in [1.807, 2.05) is 6.92 Å². The van der Waals surface area contributed by atoms with E-state index in [2.05, 4.69) is 53.7 Å². The van der Waals surface area contributed by atoms with E-state index in [-0.39, 0.29) is 24.4 Å². The molecule has 0 bridgehead atoms. The molecule has 0 aromatic carbocycles. The number of carbonyl (C=O) groups excluding carboxylic acids is 1. The van der Waals surface area contributed by atoms with Gasteiger partial charge in [-0.05, 0) is 49.7 Å². The Morgan fingerprint density at radius 3 is 2.24 bits per heavy atom. The standard InChI is InChI=1S/C31H58O5Si/c1-8-10-20-31(7,35)21-16-18-27-26(17-14-12-13-15-19-30(33)34)28(32)23-29(27)36-37(24(3)4,25(5)6)22-11-9-2/h16,18,24-27,29,35H,8-15,17,19-23H2,1-7H3,(H,33,34)/t26-,27-,29?,31?/m1/s1. The summed E-state index contributed by atoms with van der Waals surface area (Å²) in [7, 11) is -2.08. The highest BCUT2D eigenvalue weighted by molar-refractivity contribution is 6.76. The Kier molecular flexibility index (Phi) is 15.5. The summed E-state index contributed by atoms with van der Waals surface area (Å²) in [6, 6.07) is 1.14. The fourth-order valence-corrected chi connectivity index (χ4v) is 11.0. The lowest BCUT2D eigenvalue weighted by molar-refractivity contribution is -0.137. The Labute approximate surface area is 229 Å². The second-order valence-corrected chi connectivity index (χ2v) is 17.4. The summed E-state index contributed by atoms with van der Waals surface area (Å²) in [4.78, 5) is 24.1. The highest BCUT2D eigenvalue weighted by atomic mass is 28.4. The van der Waals surface area contributed by atoms with Gasteiger partial charge in [-0.25, -0.2) is 0 Å². The van der Waals surface area contributed by atoms with Crippen LogP contribution in [0.5, 0.6) is 0 Å². The molecule has 0 amide bonds. The van der Waals surface area contributed by atoms with Crippen LogP contribution in [0.3, 0.4) is 0 Å². The summed E-state index contributed by atoms with van der Waals surface area (Å²) in [6.07, 6.45) is 15.0. The number of aliphatic carboxylic acids is 1. The molecule has 2 N–H and O–H groups in total. The van der Waals surface area contributed by atoms with Crippen LogP contribution in [-0.2, 0) is 14.0 Å². The van der Waals surface area contributed by atoms with Gasteiger partial charge in [-0.1, -0.05) is 98.6 Å². The number of rotatable bonds is 20. The van der Waals surface area contributed by atoms with Crippen molar-refractivity contribution in [2.75, 3.05) is 0 Å². The van der Waals surface area contributed by atoms with Crippen LogP contribution in [0.25, 0.3) is 0 Å². The van der Waals surface area contributed by atoms with Crippen molar-refractivity contribution in [2.24, 2.45) is 11.8 Å². The van der Waals surface area contributed by atoms with Gasteiger partial charge in [0.05, 0.1) is 11.7 Å². The minimum Gasteiger partial charge on any atom is -0.481 e. The Morgan fingerprint density at radius 1 is 1.05 bits per heavy atom. The largest absolute Gasteiger partial charge is 0.481 e. The first-order chi connectivity index (χ1) is 17.4. The highest BCUT2D eigenvalue weighted by Gasteiger charge is 2.49. The second kappa shape index (κ2) is 16.9. The summed E-state index contributed by atoms with van der Waals surface area (Å²) in [6.45, 7) is 15.5. The lowest BCUT2D eigenvalue weighted by Gasteiger charge is -2.42. The SMILES string of the molecule is CCCCC(C)(O)CC=C[C@H]1C(O[Si](CCCC)(C(C)C)C(C)C)CC(=O)[C@@H]1CCCCCCC(=O)O. The zero-order valence-corrected chi connectivity index (χ0v) is 26.1. The van der Waals surface area contributed by atoms with Gasteiger partial charge in [0, 0.05) is 24.7 Å². The molecule has 0 spiro atoms. The number of carbonyl (C=O) groups is 2. The van der Waals surface area contributed by atoms with Crippen LogP contribution in [0.1, 0.15) is 132 Å². The van der Waals surface area contributed by atoms with Crippen LogP contribution >= 0.6 is 0 Å². The van der Waals surface area contributed by atoms with Crippen molar-refractivity contribution in [1.82, 2.24) is 0 Å². The van der Waals surface area contributed by atoms with Crippen molar-refractivity contribution in [1.29, 1.82) is 0 Å². The molecule has 37 heavy (non-hydrogen) atoms.